The lowest BCUT2D eigenvalue weighted by molar-refractivity contribution is 0.400. The number of fused-ring (bicyclic) bond motifs is 1. The van der Waals surface area contributed by atoms with Gasteiger partial charge in [0.25, 0.3) is 11.1 Å². The van der Waals surface area contributed by atoms with Crippen LogP contribution in [0.5, 0.6) is 0 Å². The molecule has 4 rings (SSSR count). The summed E-state index contributed by atoms with van der Waals surface area (Å²) < 4.78 is 2.02. The number of pyridine rings is 2. The zero-order chi connectivity index (χ0) is 49.9. The Morgan fingerprint density at radius 3 is 1.14 bits per heavy atom. The van der Waals surface area contributed by atoms with E-state index < -0.39 is 0 Å². The van der Waals surface area contributed by atoms with Crippen LogP contribution in [-0.2, 0) is 19.4 Å². The number of hydrogen-bond donors (Lipinski definition) is 1. The summed E-state index contributed by atoms with van der Waals surface area (Å²) in [4.78, 5) is 34.3. The maximum atomic E-state index is 14.8. The molecule has 4 heterocycles. The molecule has 0 bridgehead atoms. The molecule has 0 saturated carbocycles. The topological polar surface area (TPSA) is 54.9 Å². The van der Waals surface area contributed by atoms with Crippen LogP contribution in [-0.4, -0.2) is 9.55 Å². The second-order valence-electron chi connectivity index (χ2n) is 22.0. The van der Waals surface area contributed by atoms with Crippen LogP contribution in [0.3, 0.4) is 0 Å². The quantitative estimate of drug-likeness (QED) is 0.0449. The van der Waals surface area contributed by atoms with E-state index in [1.54, 1.807) is 22.7 Å². The molecular formula is C64H106N2O2S2. The molecule has 70 heavy (non-hydrogen) atoms. The molecule has 0 radical (unpaired) electrons. The molecule has 0 aliphatic rings. The van der Waals surface area contributed by atoms with Gasteiger partial charge in [0.2, 0.25) is 0 Å². The summed E-state index contributed by atoms with van der Waals surface area (Å²) in [5, 5.41) is 4.64. The third-order valence-corrected chi connectivity index (χ3v) is 17.6. The lowest BCUT2D eigenvalue weighted by Crippen LogP contribution is -2.24. The van der Waals surface area contributed by atoms with E-state index in [2.05, 4.69) is 68.6 Å². The van der Waals surface area contributed by atoms with Crippen molar-refractivity contribution in [2.45, 2.75) is 298 Å². The second-order valence-corrected chi connectivity index (χ2v) is 23.8. The highest BCUT2D eigenvalue weighted by Crippen LogP contribution is 2.34. The van der Waals surface area contributed by atoms with Gasteiger partial charge in [0.15, 0.2) is 0 Å². The van der Waals surface area contributed by atoms with Crippen LogP contribution in [0.15, 0.2) is 44.6 Å². The maximum absolute atomic E-state index is 14.8. The summed E-state index contributed by atoms with van der Waals surface area (Å²) in [5.74, 6) is 1.40. The Kier molecular flexibility index (Phi) is 32.8. The molecule has 4 nitrogen and oxygen atoms in total. The van der Waals surface area contributed by atoms with Crippen molar-refractivity contribution < 1.29 is 0 Å². The molecule has 0 aliphatic heterocycles. The minimum absolute atomic E-state index is 0.0513. The Labute approximate surface area is 438 Å². The van der Waals surface area contributed by atoms with E-state index in [9.17, 15) is 9.59 Å². The van der Waals surface area contributed by atoms with E-state index in [4.69, 9.17) is 0 Å². The average molecular weight is 1000 g/mol. The number of rotatable bonds is 45. The normalized spacial score (nSPS) is 12.7. The first-order valence-electron chi connectivity index (χ1n) is 30.4. The first kappa shape index (κ1) is 60.1. The van der Waals surface area contributed by atoms with Crippen LogP contribution in [0.1, 0.15) is 290 Å². The molecule has 0 fully saturated rings. The Morgan fingerprint density at radius 1 is 0.414 bits per heavy atom. The number of H-pyrrole nitrogens is 1. The van der Waals surface area contributed by atoms with Gasteiger partial charge in [0.1, 0.15) is 0 Å². The van der Waals surface area contributed by atoms with Crippen LogP contribution in [0.2, 0.25) is 0 Å². The Bertz CT molecular complexity index is 2020. The van der Waals surface area contributed by atoms with Crippen LogP contribution >= 0.6 is 22.7 Å². The third-order valence-electron chi connectivity index (χ3n) is 15.6. The van der Waals surface area contributed by atoms with Gasteiger partial charge in [-0.15, -0.1) is 22.7 Å². The molecule has 2 unspecified atom stereocenters. The predicted molar refractivity (Wildman–Crippen MR) is 314 cm³/mol. The van der Waals surface area contributed by atoms with Gasteiger partial charge >= 0.3 is 0 Å². The smallest absolute Gasteiger partial charge is 0.259 e. The summed E-state index contributed by atoms with van der Waals surface area (Å²) in [5.41, 5.74) is 5.86. The van der Waals surface area contributed by atoms with Gasteiger partial charge in [-0.3, -0.25) is 9.59 Å². The summed E-state index contributed by atoms with van der Waals surface area (Å²) in [6.45, 7) is 12.1. The van der Waals surface area contributed by atoms with E-state index in [0.29, 0.717) is 23.9 Å². The minimum Gasteiger partial charge on any atom is -0.320 e. The van der Waals surface area contributed by atoms with E-state index in [0.717, 1.165) is 52.0 Å². The van der Waals surface area contributed by atoms with Gasteiger partial charge < -0.3 is 9.55 Å². The second kappa shape index (κ2) is 38.2. The van der Waals surface area contributed by atoms with Crippen LogP contribution < -0.4 is 11.1 Å². The Hall–Kier alpha value is -2.44. The maximum Gasteiger partial charge on any atom is 0.259 e. The van der Waals surface area contributed by atoms with E-state index in [1.807, 2.05) is 10.6 Å². The highest BCUT2D eigenvalue weighted by molar-refractivity contribution is 7.14. The van der Waals surface area contributed by atoms with Crippen molar-refractivity contribution in [1.29, 1.82) is 0 Å². The summed E-state index contributed by atoms with van der Waals surface area (Å²) in [7, 11) is 0. The molecule has 0 aromatic carbocycles. The van der Waals surface area contributed by atoms with Gasteiger partial charge in [-0.2, -0.15) is 0 Å². The molecule has 2 atom stereocenters. The summed E-state index contributed by atoms with van der Waals surface area (Å²) >= 11 is 3.43. The lowest BCUT2D eigenvalue weighted by Gasteiger charge is -2.17. The van der Waals surface area contributed by atoms with Crippen molar-refractivity contribution in [1.82, 2.24) is 9.55 Å². The molecule has 0 saturated heterocycles. The number of aryl methyl sites for hydroxylation is 1. The molecule has 0 aliphatic carbocycles. The number of unbranched alkanes of at least 4 members (excludes halogenated alkanes) is 29. The average Bonchev–Trinajstić information content (AvgIpc) is 4.03. The Balaban J connectivity index is 1.54. The van der Waals surface area contributed by atoms with Gasteiger partial charge in [-0.25, -0.2) is 0 Å². The molecule has 6 heteroatoms. The fraction of sp³-hybridized carbons (Fsp3) is 0.750. The number of nitrogens with zero attached hydrogens (tertiary/aromatic N) is 1. The van der Waals surface area contributed by atoms with E-state index in [1.165, 1.54) is 242 Å². The molecule has 4 aromatic heterocycles. The fourth-order valence-corrected chi connectivity index (χ4v) is 13.0. The molecule has 396 valence electrons. The van der Waals surface area contributed by atoms with E-state index in [-0.39, 0.29) is 11.1 Å². The zero-order valence-corrected chi connectivity index (χ0v) is 47.8. The van der Waals surface area contributed by atoms with E-state index >= 15 is 0 Å². The molecular weight excluding hydrogens is 893 g/mol. The summed E-state index contributed by atoms with van der Waals surface area (Å²) in [6, 6.07) is 8.67. The first-order chi connectivity index (χ1) is 34.4. The number of thiophene rings is 2. The van der Waals surface area contributed by atoms with Gasteiger partial charge in [0.05, 0.1) is 22.2 Å². The molecule has 0 spiro atoms. The SMILES string of the molecule is CCCCCCCCCCC(CCCCCCCC)Cc1csc(-c2cc3c(cc(-c4cc(CC(CCCCCCCC)CCCCCCCCCC)cs4)c(=O)n3CCCCCCCC)[nH]c2=O)c1. The van der Waals surface area contributed by atoms with Crippen molar-refractivity contribution in [3.8, 4) is 20.9 Å². The number of hydrogen-bond acceptors (Lipinski definition) is 4. The van der Waals surface area contributed by atoms with Crippen molar-refractivity contribution in [2.75, 3.05) is 0 Å². The van der Waals surface area contributed by atoms with Crippen LogP contribution in [0, 0.1) is 11.8 Å². The first-order valence-corrected chi connectivity index (χ1v) is 32.1. The third kappa shape index (κ3) is 23.6. The zero-order valence-electron chi connectivity index (χ0n) is 46.2. The van der Waals surface area contributed by atoms with Crippen molar-refractivity contribution in [3.63, 3.8) is 0 Å². The highest BCUT2D eigenvalue weighted by atomic mass is 32.1. The molecule has 4 aromatic rings. The largest absolute Gasteiger partial charge is 0.320 e. The number of nitrogens with one attached hydrogen (secondary N) is 1. The van der Waals surface area contributed by atoms with Crippen molar-refractivity contribution >= 4 is 33.7 Å². The lowest BCUT2D eigenvalue weighted by atomic mass is 9.89. The molecule has 1 N–H and O–H groups in total. The Morgan fingerprint density at radius 2 is 0.757 bits per heavy atom. The van der Waals surface area contributed by atoms with Gasteiger partial charge in [0, 0.05) is 16.3 Å². The summed E-state index contributed by atoms with van der Waals surface area (Å²) in [6.07, 6.45) is 52.5. The fourth-order valence-electron chi connectivity index (χ4n) is 11.1. The minimum atomic E-state index is -0.0513. The number of aromatic nitrogens is 2. The van der Waals surface area contributed by atoms with Crippen molar-refractivity contribution in [3.05, 3.63) is 66.9 Å². The highest BCUT2D eigenvalue weighted by Gasteiger charge is 2.19. The van der Waals surface area contributed by atoms with Crippen LogP contribution in [0.4, 0.5) is 0 Å². The molecule has 0 amide bonds. The predicted octanol–water partition coefficient (Wildman–Crippen LogP) is 21.4. The number of aromatic amines is 1. The van der Waals surface area contributed by atoms with Gasteiger partial charge in [-0.1, -0.05) is 272 Å². The van der Waals surface area contributed by atoms with Crippen LogP contribution in [0.25, 0.3) is 31.9 Å². The monoisotopic (exact) mass is 999 g/mol. The van der Waals surface area contributed by atoms with Gasteiger partial charge in [-0.05, 0) is 77.3 Å². The van der Waals surface area contributed by atoms with Crippen molar-refractivity contribution in [2.24, 2.45) is 11.8 Å². The standard InChI is InChI=1S/C64H106N2O2S2/c1-6-11-16-21-26-28-32-37-42-53(40-35-30-23-18-13-8-3)45-55-47-61(69-51-55)57-50-60-59(65-63(57)67)49-58(64(68)66(60)44-39-34-25-20-15-10-5)62-48-56(52-70-62)46-54(41-36-31-24-19-14-9-4)43-38-33-29-27-22-17-12-7-2/h47-54H,6-46H2,1-5H3,(H,65,67).